The highest BCUT2D eigenvalue weighted by molar-refractivity contribution is 5.70. The van der Waals surface area contributed by atoms with E-state index in [-0.39, 0.29) is 0 Å². The van der Waals surface area contributed by atoms with E-state index in [1.165, 1.54) is 11.1 Å². The van der Waals surface area contributed by atoms with E-state index in [2.05, 4.69) is 85.2 Å². The van der Waals surface area contributed by atoms with E-state index in [9.17, 15) is 0 Å². The zero-order chi connectivity index (χ0) is 14.7. The molecule has 104 valence electrons. The first kappa shape index (κ1) is 13.5. The van der Waals surface area contributed by atoms with Crippen LogP contribution >= 0.6 is 0 Å². The van der Waals surface area contributed by atoms with Gasteiger partial charge in [-0.15, -0.1) is 0 Å². The van der Waals surface area contributed by atoms with Crippen LogP contribution in [0.25, 0.3) is 0 Å². The summed E-state index contributed by atoms with van der Waals surface area (Å²) in [4.78, 5) is 2.25. The average Bonchev–Trinajstić information content (AvgIpc) is 2.51. The first-order valence-electron chi connectivity index (χ1n) is 7.28. The number of anilines is 2. The van der Waals surface area contributed by atoms with Gasteiger partial charge in [0, 0.05) is 11.4 Å². The zero-order valence-electron chi connectivity index (χ0n) is 12.5. The number of aryl methyl sites for hydroxylation is 1. The molecule has 0 bridgehead atoms. The normalized spacial score (nSPS) is 13.6. The lowest BCUT2D eigenvalue weighted by Crippen LogP contribution is -2.15. The molecule has 0 radical (unpaired) electrons. The largest absolute Gasteiger partial charge is 0.304 e. The Kier molecular flexibility index (Phi) is 3.77. The first-order chi connectivity index (χ1) is 10.2. The Morgan fingerprint density at radius 2 is 1.52 bits per heavy atom. The van der Waals surface area contributed by atoms with Gasteiger partial charge in [-0.3, -0.25) is 0 Å². The van der Waals surface area contributed by atoms with Gasteiger partial charge in [0.05, 0.1) is 5.70 Å². The number of para-hydroxylation sites is 1. The van der Waals surface area contributed by atoms with Crippen LogP contribution in [0.1, 0.15) is 18.9 Å². The van der Waals surface area contributed by atoms with Crippen molar-refractivity contribution in [3.05, 3.63) is 89.3 Å². The Labute approximate surface area is 126 Å². The maximum Gasteiger partial charge on any atom is 0.0886 e. The van der Waals surface area contributed by atoms with Gasteiger partial charge in [-0.1, -0.05) is 47.2 Å². The quantitative estimate of drug-likeness (QED) is 0.665. The molecule has 0 aromatic heterocycles. The van der Waals surface area contributed by atoms with E-state index in [0.29, 0.717) is 0 Å². The topological polar surface area (TPSA) is 3.24 Å². The predicted octanol–water partition coefficient (Wildman–Crippen LogP) is 5.52. The highest BCUT2D eigenvalue weighted by Crippen LogP contribution is 2.31. The Morgan fingerprint density at radius 1 is 0.857 bits per heavy atom. The monoisotopic (exact) mass is 273 g/mol. The lowest BCUT2D eigenvalue weighted by molar-refractivity contribution is 1.13. The van der Waals surface area contributed by atoms with Crippen LogP contribution in [0.4, 0.5) is 11.4 Å². The number of hydrogen-bond donors (Lipinski definition) is 0. The molecule has 0 unspecified atom stereocenters. The summed E-state index contributed by atoms with van der Waals surface area (Å²) in [7, 11) is 0. The molecule has 0 fully saturated rings. The summed E-state index contributed by atoms with van der Waals surface area (Å²) in [6.07, 6.45) is 5.31. The second kappa shape index (κ2) is 5.87. The minimum Gasteiger partial charge on any atom is -0.304 e. The summed E-state index contributed by atoms with van der Waals surface area (Å²) in [5, 5.41) is 0. The maximum absolute atomic E-state index is 3.40. The van der Waals surface area contributed by atoms with E-state index in [4.69, 9.17) is 0 Å². The fourth-order valence-corrected chi connectivity index (χ4v) is 2.48. The molecule has 21 heavy (non-hydrogen) atoms. The van der Waals surface area contributed by atoms with E-state index in [1.54, 1.807) is 0 Å². The Hall–Kier alpha value is -2.50. The number of allylic oxidation sites excluding steroid dienone is 2. The second-order valence-electron chi connectivity index (χ2n) is 5.44. The van der Waals surface area contributed by atoms with Crippen molar-refractivity contribution in [1.82, 2.24) is 0 Å². The molecule has 2 aromatic carbocycles. The maximum atomic E-state index is 3.40. The van der Waals surface area contributed by atoms with Crippen LogP contribution in [0.2, 0.25) is 0 Å². The van der Waals surface area contributed by atoms with Crippen LogP contribution in [0.5, 0.6) is 0 Å². The fourth-order valence-electron chi connectivity index (χ4n) is 2.48. The minimum absolute atomic E-state index is 0.986. The molecule has 0 saturated heterocycles. The number of nitrogens with zero attached hydrogens (tertiary/aromatic N) is 1. The highest BCUT2D eigenvalue weighted by Gasteiger charge is 2.14. The van der Waals surface area contributed by atoms with Crippen molar-refractivity contribution < 1.29 is 0 Å². The van der Waals surface area contributed by atoms with Gasteiger partial charge in [-0.05, 0) is 56.7 Å². The van der Waals surface area contributed by atoms with Crippen LogP contribution < -0.4 is 4.90 Å². The highest BCUT2D eigenvalue weighted by atomic mass is 15.1. The van der Waals surface area contributed by atoms with Gasteiger partial charge in [0.2, 0.25) is 0 Å². The van der Waals surface area contributed by atoms with Crippen molar-refractivity contribution in [3.8, 4) is 0 Å². The molecule has 0 saturated carbocycles. The zero-order valence-corrected chi connectivity index (χ0v) is 12.5. The van der Waals surface area contributed by atoms with Crippen molar-refractivity contribution in [2.45, 2.75) is 20.3 Å². The third-order valence-electron chi connectivity index (χ3n) is 3.60. The summed E-state index contributed by atoms with van der Waals surface area (Å²) in [5.74, 6) is 0. The van der Waals surface area contributed by atoms with E-state index in [1.807, 2.05) is 6.07 Å². The van der Waals surface area contributed by atoms with Crippen LogP contribution in [-0.4, -0.2) is 0 Å². The van der Waals surface area contributed by atoms with Gasteiger partial charge in [0.25, 0.3) is 0 Å². The van der Waals surface area contributed by atoms with Crippen LogP contribution in [0.15, 0.2) is 83.8 Å². The minimum atomic E-state index is 0.986. The summed E-state index contributed by atoms with van der Waals surface area (Å²) in [5.41, 5.74) is 9.44. The predicted molar refractivity (Wildman–Crippen MR) is 89.7 cm³/mol. The first-order valence-corrected chi connectivity index (χ1v) is 7.28. The van der Waals surface area contributed by atoms with Crippen LogP contribution in [0, 0.1) is 6.92 Å². The molecule has 0 atom stereocenters. The molecule has 1 aliphatic carbocycles. The Balaban J connectivity index is 2.12. The molecule has 2 aromatic rings. The Morgan fingerprint density at radius 3 is 2.19 bits per heavy atom. The number of benzene rings is 2. The molecule has 0 amide bonds. The second-order valence-corrected chi connectivity index (χ2v) is 5.44. The molecule has 1 heteroatoms. The van der Waals surface area contributed by atoms with Gasteiger partial charge in [-0.25, -0.2) is 0 Å². The van der Waals surface area contributed by atoms with Crippen molar-refractivity contribution in [2.75, 3.05) is 4.90 Å². The smallest absolute Gasteiger partial charge is 0.0886 e. The lowest BCUT2D eigenvalue weighted by Gasteiger charge is -2.26. The number of hydrogen-bond acceptors (Lipinski definition) is 1. The van der Waals surface area contributed by atoms with Crippen LogP contribution in [-0.2, 0) is 0 Å². The van der Waals surface area contributed by atoms with Gasteiger partial charge >= 0.3 is 0 Å². The summed E-state index contributed by atoms with van der Waals surface area (Å²) < 4.78 is 0. The Bertz CT molecular complexity index is 714. The fraction of sp³-hybridized carbons (Fsp3) is 0.150. The van der Waals surface area contributed by atoms with Crippen molar-refractivity contribution in [3.63, 3.8) is 0 Å². The molecule has 0 aliphatic heterocycles. The molecule has 3 rings (SSSR count). The third kappa shape index (κ3) is 2.99. The third-order valence-corrected chi connectivity index (χ3v) is 3.60. The number of rotatable bonds is 3. The van der Waals surface area contributed by atoms with Crippen molar-refractivity contribution >= 4 is 11.4 Å². The van der Waals surface area contributed by atoms with Gasteiger partial charge < -0.3 is 4.90 Å². The molecule has 0 N–H and O–H groups in total. The van der Waals surface area contributed by atoms with E-state index in [0.717, 1.165) is 23.5 Å². The standard InChI is InChI=1S/C20H19N/c1-16-11-13-19(14-12-16)21(18-8-4-3-5-9-18)20-10-6-7-17(2)15-20/h3-6,8-9,11-15H,7H2,1-2H3. The summed E-state index contributed by atoms with van der Waals surface area (Å²) in [6.45, 7) is 4.27. The van der Waals surface area contributed by atoms with Gasteiger partial charge in [-0.2, -0.15) is 0 Å². The van der Waals surface area contributed by atoms with E-state index >= 15 is 0 Å². The molecule has 1 nitrogen and oxygen atoms in total. The SMILES string of the molecule is CC1=CC(N(c2ccccc2)c2ccc(C)cc2)=C=CC1. The van der Waals surface area contributed by atoms with Gasteiger partial charge in [0.15, 0.2) is 0 Å². The van der Waals surface area contributed by atoms with Crippen molar-refractivity contribution in [1.29, 1.82) is 0 Å². The molecule has 0 spiro atoms. The summed E-state index contributed by atoms with van der Waals surface area (Å²) >= 11 is 0. The average molecular weight is 273 g/mol. The molecular weight excluding hydrogens is 254 g/mol. The molecular formula is C20H19N. The lowest BCUT2D eigenvalue weighted by atomic mass is 10.1. The van der Waals surface area contributed by atoms with Crippen molar-refractivity contribution in [2.24, 2.45) is 0 Å². The van der Waals surface area contributed by atoms with Crippen LogP contribution in [0.3, 0.4) is 0 Å². The van der Waals surface area contributed by atoms with E-state index < -0.39 is 0 Å². The summed E-state index contributed by atoms with van der Waals surface area (Å²) in [6, 6.07) is 19.1. The van der Waals surface area contributed by atoms with Gasteiger partial charge in [0.1, 0.15) is 0 Å². The molecule has 1 aliphatic rings. The molecule has 0 heterocycles.